The molecule has 2 nitrogen and oxygen atoms in total. The number of hydrogen-bond donors (Lipinski definition) is 0. The summed E-state index contributed by atoms with van der Waals surface area (Å²) in [4.78, 5) is 8.29. The fourth-order valence-corrected chi connectivity index (χ4v) is 1.06. The molecule has 1 aromatic heterocycles. The Labute approximate surface area is 72.7 Å². The molecule has 62 valence electrons. The van der Waals surface area contributed by atoms with Crippen molar-refractivity contribution in [2.24, 2.45) is 4.99 Å². The molecule has 0 spiro atoms. The molecule has 0 fully saturated rings. The van der Waals surface area contributed by atoms with Gasteiger partial charge in [-0.05, 0) is 25.5 Å². The SMILES string of the molecule is C=CN=C(C)c1ncccc1C. The molecule has 0 saturated heterocycles. The van der Waals surface area contributed by atoms with Crippen molar-refractivity contribution in [3.05, 3.63) is 42.4 Å². The molecule has 0 amide bonds. The lowest BCUT2D eigenvalue weighted by atomic mass is 10.1. The van der Waals surface area contributed by atoms with E-state index in [1.165, 1.54) is 6.20 Å². The lowest BCUT2D eigenvalue weighted by molar-refractivity contribution is 1.22. The second-order valence-corrected chi connectivity index (χ2v) is 2.57. The zero-order valence-electron chi connectivity index (χ0n) is 7.41. The fourth-order valence-electron chi connectivity index (χ4n) is 1.06. The van der Waals surface area contributed by atoms with Crippen LogP contribution in [0.2, 0.25) is 0 Å². The lowest BCUT2D eigenvalue weighted by Crippen LogP contribution is -2.00. The van der Waals surface area contributed by atoms with E-state index in [2.05, 4.69) is 16.6 Å². The van der Waals surface area contributed by atoms with Crippen molar-refractivity contribution in [3.63, 3.8) is 0 Å². The van der Waals surface area contributed by atoms with E-state index in [4.69, 9.17) is 0 Å². The Morgan fingerprint density at radius 2 is 2.42 bits per heavy atom. The topological polar surface area (TPSA) is 25.2 Å². The van der Waals surface area contributed by atoms with Gasteiger partial charge in [-0.3, -0.25) is 9.98 Å². The van der Waals surface area contributed by atoms with E-state index >= 15 is 0 Å². The van der Waals surface area contributed by atoms with Crippen molar-refractivity contribution in [2.75, 3.05) is 0 Å². The quantitative estimate of drug-likeness (QED) is 0.609. The Kier molecular flexibility index (Phi) is 2.75. The number of pyridine rings is 1. The van der Waals surface area contributed by atoms with Gasteiger partial charge in [0.15, 0.2) is 0 Å². The second kappa shape index (κ2) is 3.81. The summed E-state index contributed by atoms with van der Waals surface area (Å²) in [6.07, 6.45) is 3.30. The molecule has 0 atom stereocenters. The van der Waals surface area contributed by atoms with Crippen molar-refractivity contribution < 1.29 is 0 Å². The molecular formula is C10H12N2. The molecular weight excluding hydrogens is 148 g/mol. The van der Waals surface area contributed by atoms with E-state index in [1.54, 1.807) is 6.20 Å². The maximum atomic E-state index is 4.22. The van der Waals surface area contributed by atoms with Crippen molar-refractivity contribution in [1.29, 1.82) is 0 Å². The lowest BCUT2D eigenvalue weighted by Gasteiger charge is -2.01. The summed E-state index contributed by atoms with van der Waals surface area (Å²) >= 11 is 0. The van der Waals surface area contributed by atoms with Crippen LogP contribution >= 0.6 is 0 Å². The highest BCUT2D eigenvalue weighted by molar-refractivity contribution is 5.98. The molecule has 0 unspecified atom stereocenters. The van der Waals surface area contributed by atoms with Gasteiger partial charge < -0.3 is 0 Å². The molecule has 0 N–H and O–H groups in total. The molecule has 0 radical (unpaired) electrons. The summed E-state index contributed by atoms with van der Waals surface area (Å²) in [5, 5.41) is 0. The van der Waals surface area contributed by atoms with Crippen LogP contribution in [0.25, 0.3) is 0 Å². The first-order valence-electron chi connectivity index (χ1n) is 3.83. The third-order valence-corrected chi connectivity index (χ3v) is 1.64. The standard InChI is InChI=1S/C10H12N2/c1-4-11-9(3)10-8(2)6-5-7-12-10/h4-7H,1H2,2-3H3. The first-order valence-corrected chi connectivity index (χ1v) is 3.83. The number of nitrogens with zero attached hydrogens (tertiary/aromatic N) is 2. The Morgan fingerprint density at radius 3 is 3.00 bits per heavy atom. The zero-order chi connectivity index (χ0) is 8.97. The fraction of sp³-hybridized carbons (Fsp3) is 0.200. The molecule has 2 heteroatoms. The number of hydrogen-bond acceptors (Lipinski definition) is 2. The normalized spacial score (nSPS) is 11.3. The molecule has 0 aliphatic carbocycles. The van der Waals surface area contributed by atoms with E-state index in [0.717, 1.165) is 17.0 Å². The van der Waals surface area contributed by atoms with Gasteiger partial charge in [-0.15, -0.1) is 0 Å². The molecule has 0 bridgehead atoms. The average molecular weight is 160 g/mol. The zero-order valence-corrected chi connectivity index (χ0v) is 7.41. The predicted octanol–water partition coefficient (Wildman–Crippen LogP) is 2.34. The number of aromatic nitrogens is 1. The van der Waals surface area contributed by atoms with E-state index in [9.17, 15) is 0 Å². The predicted molar refractivity (Wildman–Crippen MR) is 51.4 cm³/mol. The van der Waals surface area contributed by atoms with Crippen LogP contribution in [-0.2, 0) is 0 Å². The van der Waals surface area contributed by atoms with Crippen LogP contribution in [0.1, 0.15) is 18.2 Å². The first-order chi connectivity index (χ1) is 5.75. The van der Waals surface area contributed by atoms with Crippen molar-refractivity contribution in [2.45, 2.75) is 13.8 Å². The van der Waals surface area contributed by atoms with Crippen molar-refractivity contribution in [3.8, 4) is 0 Å². The van der Waals surface area contributed by atoms with Gasteiger partial charge in [0, 0.05) is 12.4 Å². The highest BCUT2D eigenvalue weighted by Gasteiger charge is 2.00. The highest BCUT2D eigenvalue weighted by Crippen LogP contribution is 2.04. The van der Waals surface area contributed by atoms with Crippen LogP contribution in [0.15, 0.2) is 36.1 Å². The maximum Gasteiger partial charge on any atom is 0.0870 e. The maximum absolute atomic E-state index is 4.22. The Balaban J connectivity index is 3.10. The molecule has 1 rings (SSSR count). The van der Waals surface area contributed by atoms with Gasteiger partial charge in [-0.2, -0.15) is 0 Å². The summed E-state index contributed by atoms with van der Waals surface area (Å²) in [6.45, 7) is 7.49. The third kappa shape index (κ3) is 1.78. The van der Waals surface area contributed by atoms with Gasteiger partial charge in [0.25, 0.3) is 0 Å². The molecule has 1 heterocycles. The summed E-state index contributed by atoms with van der Waals surface area (Å²) in [5.74, 6) is 0. The summed E-state index contributed by atoms with van der Waals surface area (Å²) < 4.78 is 0. The van der Waals surface area contributed by atoms with E-state index in [-0.39, 0.29) is 0 Å². The van der Waals surface area contributed by atoms with Gasteiger partial charge in [0.2, 0.25) is 0 Å². The van der Waals surface area contributed by atoms with Crippen LogP contribution in [0.5, 0.6) is 0 Å². The minimum atomic E-state index is 0.906. The highest BCUT2D eigenvalue weighted by atomic mass is 14.8. The number of aryl methyl sites for hydroxylation is 1. The van der Waals surface area contributed by atoms with Gasteiger partial charge in [0.1, 0.15) is 0 Å². The average Bonchev–Trinajstić information content (AvgIpc) is 2.05. The summed E-state index contributed by atoms with van der Waals surface area (Å²) in [7, 11) is 0. The van der Waals surface area contributed by atoms with Crippen molar-refractivity contribution in [1.82, 2.24) is 4.98 Å². The molecule has 1 aromatic rings. The van der Waals surface area contributed by atoms with Gasteiger partial charge >= 0.3 is 0 Å². The van der Waals surface area contributed by atoms with Crippen LogP contribution < -0.4 is 0 Å². The minimum Gasteiger partial charge on any atom is -0.260 e. The summed E-state index contributed by atoms with van der Waals surface area (Å²) in [6, 6.07) is 3.93. The monoisotopic (exact) mass is 160 g/mol. The van der Waals surface area contributed by atoms with Gasteiger partial charge in [0.05, 0.1) is 11.4 Å². The largest absolute Gasteiger partial charge is 0.260 e. The van der Waals surface area contributed by atoms with Crippen LogP contribution in [0.4, 0.5) is 0 Å². The molecule has 0 aromatic carbocycles. The molecule has 0 aliphatic heterocycles. The molecule has 0 aliphatic rings. The van der Waals surface area contributed by atoms with Crippen LogP contribution in [0.3, 0.4) is 0 Å². The number of rotatable bonds is 2. The van der Waals surface area contributed by atoms with E-state index < -0.39 is 0 Å². The molecule has 0 saturated carbocycles. The Hall–Kier alpha value is -1.44. The summed E-state index contributed by atoms with van der Waals surface area (Å²) in [5.41, 5.74) is 2.99. The van der Waals surface area contributed by atoms with Gasteiger partial charge in [-0.25, -0.2) is 0 Å². The second-order valence-electron chi connectivity index (χ2n) is 2.57. The van der Waals surface area contributed by atoms with Crippen molar-refractivity contribution >= 4 is 5.71 Å². The first kappa shape index (κ1) is 8.65. The van der Waals surface area contributed by atoms with E-state index in [0.29, 0.717) is 0 Å². The van der Waals surface area contributed by atoms with E-state index in [1.807, 2.05) is 26.0 Å². The molecule has 12 heavy (non-hydrogen) atoms. The Bertz CT molecular complexity index is 313. The van der Waals surface area contributed by atoms with Crippen LogP contribution in [0, 0.1) is 6.92 Å². The third-order valence-electron chi connectivity index (χ3n) is 1.64. The smallest absolute Gasteiger partial charge is 0.0870 e. The van der Waals surface area contributed by atoms with Crippen LogP contribution in [-0.4, -0.2) is 10.7 Å². The van der Waals surface area contributed by atoms with Gasteiger partial charge in [-0.1, -0.05) is 12.6 Å². The number of aliphatic imine (C=N–C) groups is 1. The minimum absolute atomic E-state index is 0.906. The Morgan fingerprint density at radius 1 is 1.67 bits per heavy atom.